The lowest BCUT2D eigenvalue weighted by atomic mass is 9.98. The maximum Gasteiger partial charge on any atom is 0.231 e. The molecule has 132 valence electrons. The Bertz CT molecular complexity index is 954. The number of ether oxygens (including phenoxy) is 1. The van der Waals surface area contributed by atoms with Crippen molar-refractivity contribution in [3.8, 4) is 11.9 Å². The summed E-state index contributed by atoms with van der Waals surface area (Å²) in [6, 6.07) is 7.45. The van der Waals surface area contributed by atoms with Gasteiger partial charge >= 0.3 is 0 Å². The Balaban J connectivity index is 1.32. The van der Waals surface area contributed by atoms with E-state index in [1.807, 2.05) is 25.3 Å². The van der Waals surface area contributed by atoms with Crippen molar-refractivity contribution in [3.63, 3.8) is 0 Å². The van der Waals surface area contributed by atoms with Gasteiger partial charge in [0, 0.05) is 25.4 Å². The van der Waals surface area contributed by atoms with Gasteiger partial charge in [0.05, 0.1) is 18.5 Å². The topological polar surface area (TPSA) is 92.2 Å². The minimum Gasteiger partial charge on any atom is -0.476 e. The summed E-state index contributed by atoms with van der Waals surface area (Å²) >= 11 is 0. The molecule has 0 radical (unpaired) electrons. The molecule has 0 saturated carbocycles. The average molecular weight is 349 g/mol. The predicted molar refractivity (Wildman–Crippen MR) is 94.9 cm³/mol. The van der Waals surface area contributed by atoms with Crippen LogP contribution in [0.15, 0.2) is 30.6 Å². The molecule has 0 unspecified atom stereocenters. The number of anilines is 1. The van der Waals surface area contributed by atoms with Crippen LogP contribution < -0.4 is 9.64 Å². The number of nitriles is 1. The summed E-state index contributed by atoms with van der Waals surface area (Å²) in [5.41, 5.74) is 2.16. The van der Waals surface area contributed by atoms with Crippen molar-refractivity contribution in [1.29, 1.82) is 5.26 Å². The molecular weight excluding hydrogens is 330 g/mol. The van der Waals surface area contributed by atoms with E-state index in [2.05, 4.69) is 31.0 Å². The standard InChI is InChI=1S/C18H19N7O/c1-13-11-25-16(21-13)2-3-17(23-25)26-12-14-5-8-24(9-6-14)18-20-7-4-15(10-19)22-18/h2-4,7,11,14H,5-6,8-9,12H2,1H3. The van der Waals surface area contributed by atoms with Gasteiger partial charge in [-0.2, -0.15) is 5.26 Å². The fourth-order valence-corrected chi connectivity index (χ4v) is 3.13. The van der Waals surface area contributed by atoms with E-state index < -0.39 is 0 Å². The number of hydrogen-bond acceptors (Lipinski definition) is 7. The lowest BCUT2D eigenvalue weighted by Gasteiger charge is -2.31. The van der Waals surface area contributed by atoms with Crippen molar-refractivity contribution in [2.45, 2.75) is 19.8 Å². The molecule has 0 amide bonds. The zero-order valence-corrected chi connectivity index (χ0v) is 14.5. The maximum atomic E-state index is 8.96. The third-order valence-corrected chi connectivity index (χ3v) is 4.54. The van der Waals surface area contributed by atoms with E-state index in [0.29, 0.717) is 30.0 Å². The van der Waals surface area contributed by atoms with E-state index in [4.69, 9.17) is 10.00 Å². The van der Waals surface area contributed by atoms with Gasteiger partial charge in [-0.15, -0.1) is 5.10 Å². The van der Waals surface area contributed by atoms with Crippen molar-refractivity contribution in [3.05, 3.63) is 42.0 Å². The Kier molecular flexibility index (Phi) is 4.35. The quantitative estimate of drug-likeness (QED) is 0.711. The highest BCUT2D eigenvalue weighted by molar-refractivity contribution is 5.39. The summed E-state index contributed by atoms with van der Waals surface area (Å²) in [5, 5.41) is 13.4. The normalized spacial score (nSPS) is 15.2. The number of piperidine rings is 1. The molecule has 1 aliphatic rings. The van der Waals surface area contributed by atoms with Crippen LogP contribution in [-0.4, -0.2) is 44.3 Å². The molecule has 0 bridgehead atoms. The Morgan fingerprint density at radius 1 is 1.23 bits per heavy atom. The van der Waals surface area contributed by atoms with Crippen LogP contribution in [0.4, 0.5) is 5.95 Å². The Labute approximate surface area is 151 Å². The number of aryl methyl sites for hydroxylation is 1. The van der Waals surface area contributed by atoms with E-state index in [1.165, 1.54) is 0 Å². The van der Waals surface area contributed by atoms with Crippen molar-refractivity contribution < 1.29 is 4.74 Å². The summed E-state index contributed by atoms with van der Waals surface area (Å²) in [7, 11) is 0. The third kappa shape index (κ3) is 3.42. The van der Waals surface area contributed by atoms with Gasteiger partial charge in [0.15, 0.2) is 5.65 Å². The number of rotatable bonds is 4. The van der Waals surface area contributed by atoms with Crippen molar-refractivity contribution >= 4 is 11.6 Å². The van der Waals surface area contributed by atoms with Gasteiger partial charge in [-0.1, -0.05) is 0 Å². The average Bonchev–Trinajstić information content (AvgIpc) is 3.06. The highest BCUT2D eigenvalue weighted by atomic mass is 16.5. The zero-order chi connectivity index (χ0) is 17.9. The molecule has 3 aromatic rings. The van der Waals surface area contributed by atoms with Gasteiger partial charge in [0.25, 0.3) is 0 Å². The summed E-state index contributed by atoms with van der Waals surface area (Å²) in [6.07, 6.45) is 5.50. The second-order valence-corrected chi connectivity index (χ2v) is 6.45. The third-order valence-electron chi connectivity index (χ3n) is 4.54. The summed E-state index contributed by atoms with van der Waals surface area (Å²) in [5.74, 6) is 1.71. The zero-order valence-electron chi connectivity index (χ0n) is 14.5. The minimum atomic E-state index is 0.400. The van der Waals surface area contributed by atoms with Gasteiger partial charge in [0.1, 0.15) is 11.8 Å². The van der Waals surface area contributed by atoms with Crippen LogP contribution in [0.2, 0.25) is 0 Å². The van der Waals surface area contributed by atoms with E-state index in [1.54, 1.807) is 16.8 Å². The largest absolute Gasteiger partial charge is 0.476 e. The number of aromatic nitrogens is 5. The smallest absolute Gasteiger partial charge is 0.231 e. The Morgan fingerprint density at radius 3 is 2.88 bits per heavy atom. The van der Waals surface area contributed by atoms with Crippen molar-refractivity contribution in [2.75, 3.05) is 24.6 Å². The summed E-state index contributed by atoms with van der Waals surface area (Å²) in [4.78, 5) is 15.0. The highest BCUT2D eigenvalue weighted by Crippen LogP contribution is 2.21. The second-order valence-electron chi connectivity index (χ2n) is 6.45. The van der Waals surface area contributed by atoms with Crippen LogP contribution in [0.3, 0.4) is 0 Å². The molecule has 0 aromatic carbocycles. The molecule has 1 fully saturated rings. The van der Waals surface area contributed by atoms with E-state index in [-0.39, 0.29) is 0 Å². The van der Waals surface area contributed by atoms with Gasteiger partial charge in [-0.05, 0) is 37.8 Å². The molecule has 4 rings (SSSR count). The first-order chi connectivity index (χ1) is 12.7. The fourth-order valence-electron chi connectivity index (χ4n) is 3.13. The molecule has 0 atom stereocenters. The predicted octanol–water partition coefficient (Wildman–Crippen LogP) is 1.99. The molecule has 1 aliphatic heterocycles. The number of nitrogens with zero attached hydrogens (tertiary/aromatic N) is 7. The van der Waals surface area contributed by atoms with Crippen LogP contribution in [0.5, 0.6) is 5.88 Å². The first-order valence-electron chi connectivity index (χ1n) is 8.65. The lowest BCUT2D eigenvalue weighted by Crippen LogP contribution is -2.36. The first-order valence-corrected chi connectivity index (χ1v) is 8.65. The molecule has 3 aromatic heterocycles. The molecule has 0 N–H and O–H groups in total. The maximum absolute atomic E-state index is 8.96. The van der Waals surface area contributed by atoms with Crippen molar-refractivity contribution in [2.24, 2.45) is 5.92 Å². The van der Waals surface area contributed by atoms with Crippen LogP contribution in [-0.2, 0) is 0 Å². The van der Waals surface area contributed by atoms with E-state index >= 15 is 0 Å². The summed E-state index contributed by atoms with van der Waals surface area (Å²) in [6.45, 7) is 4.30. The Morgan fingerprint density at radius 2 is 2.08 bits per heavy atom. The van der Waals surface area contributed by atoms with Gasteiger partial charge < -0.3 is 9.64 Å². The van der Waals surface area contributed by atoms with Gasteiger partial charge in [-0.25, -0.2) is 19.5 Å². The fraction of sp³-hybridized carbons (Fsp3) is 0.389. The molecule has 8 heteroatoms. The molecule has 1 saturated heterocycles. The second kappa shape index (κ2) is 6.96. The molecule has 8 nitrogen and oxygen atoms in total. The SMILES string of the molecule is Cc1cn2nc(OCC3CCN(c4nccc(C#N)n4)CC3)ccc2n1. The van der Waals surface area contributed by atoms with Crippen LogP contribution >= 0.6 is 0 Å². The molecule has 4 heterocycles. The van der Waals surface area contributed by atoms with E-state index in [9.17, 15) is 0 Å². The Hall–Kier alpha value is -3.21. The lowest BCUT2D eigenvalue weighted by molar-refractivity contribution is 0.213. The van der Waals surface area contributed by atoms with Crippen LogP contribution in [0.25, 0.3) is 5.65 Å². The van der Waals surface area contributed by atoms with Gasteiger partial charge in [-0.3, -0.25) is 0 Å². The molecular formula is C18H19N7O. The van der Waals surface area contributed by atoms with Crippen LogP contribution in [0.1, 0.15) is 24.2 Å². The number of imidazole rings is 1. The minimum absolute atomic E-state index is 0.400. The number of fused-ring (bicyclic) bond motifs is 1. The van der Waals surface area contributed by atoms with Crippen LogP contribution in [0, 0.1) is 24.2 Å². The molecule has 26 heavy (non-hydrogen) atoms. The first kappa shape index (κ1) is 16.3. The molecule has 0 aliphatic carbocycles. The summed E-state index contributed by atoms with van der Waals surface area (Å²) < 4.78 is 7.63. The highest BCUT2D eigenvalue weighted by Gasteiger charge is 2.22. The van der Waals surface area contributed by atoms with E-state index in [0.717, 1.165) is 37.3 Å². The van der Waals surface area contributed by atoms with Gasteiger partial charge in [0.2, 0.25) is 11.8 Å². The van der Waals surface area contributed by atoms with Crippen molar-refractivity contribution in [1.82, 2.24) is 24.6 Å². The monoisotopic (exact) mass is 349 g/mol. The molecule has 0 spiro atoms. The number of hydrogen-bond donors (Lipinski definition) is 0.